The Morgan fingerprint density at radius 1 is 1.39 bits per heavy atom. The third kappa shape index (κ3) is 2.27. The maximum Gasteiger partial charge on any atom is 0.217 e. The number of amides is 1. The van der Waals surface area contributed by atoms with Gasteiger partial charge in [0.05, 0.1) is 13.2 Å². The number of rotatable bonds is 3. The molecule has 18 heavy (non-hydrogen) atoms. The molecule has 0 aliphatic heterocycles. The number of hydrogen-bond donors (Lipinski definition) is 1. The number of hydrogen-bond acceptors (Lipinski definition) is 3. The Morgan fingerprint density at radius 3 is 2.83 bits per heavy atom. The molecular weight excluding hydrogens is 228 g/mol. The van der Waals surface area contributed by atoms with Crippen LogP contribution in [0.1, 0.15) is 25.5 Å². The lowest BCUT2D eigenvalue weighted by atomic mass is 10.0. The van der Waals surface area contributed by atoms with Crippen molar-refractivity contribution in [2.75, 3.05) is 7.11 Å². The van der Waals surface area contributed by atoms with Gasteiger partial charge in [0.2, 0.25) is 5.91 Å². The van der Waals surface area contributed by atoms with Gasteiger partial charge in [0, 0.05) is 18.5 Å². The molecule has 2 rings (SSSR count). The molecule has 2 aromatic rings. The first-order valence-electron chi connectivity index (χ1n) is 5.82. The standard InChI is InChI=1S/C14H16N2O2/c1-9(16-10(2)17)11-6-7-13(18-3)14-12(11)5-4-8-15-14/h4-9H,1-3H3,(H,16,17). The van der Waals surface area contributed by atoms with Crippen LogP contribution in [0.15, 0.2) is 30.5 Å². The summed E-state index contributed by atoms with van der Waals surface area (Å²) < 4.78 is 5.29. The Bertz CT molecular complexity index is 581. The third-order valence-corrected chi connectivity index (χ3v) is 2.87. The monoisotopic (exact) mass is 244 g/mol. The number of benzene rings is 1. The highest BCUT2D eigenvalue weighted by Gasteiger charge is 2.13. The van der Waals surface area contributed by atoms with E-state index in [4.69, 9.17) is 4.74 Å². The van der Waals surface area contributed by atoms with Crippen molar-refractivity contribution in [3.63, 3.8) is 0 Å². The van der Waals surface area contributed by atoms with Gasteiger partial charge in [-0.15, -0.1) is 0 Å². The van der Waals surface area contributed by atoms with Crippen molar-refractivity contribution >= 4 is 16.8 Å². The van der Waals surface area contributed by atoms with Gasteiger partial charge >= 0.3 is 0 Å². The normalized spacial score (nSPS) is 12.2. The minimum absolute atomic E-state index is 0.0460. The molecule has 0 radical (unpaired) electrons. The van der Waals surface area contributed by atoms with E-state index in [1.165, 1.54) is 6.92 Å². The van der Waals surface area contributed by atoms with Crippen LogP contribution in [0.4, 0.5) is 0 Å². The number of carbonyl (C=O) groups is 1. The number of carbonyl (C=O) groups excluding carboxylic acids is 1. The van der Waals surface area contributed by atoms with E-state index in [2.05, 4.69) is 10.3 Å². The van der Waals surface area contributed by atoms with E-state index in [1.807, 2.05) is 31.2 Å². The number of nitrogens with one attached hydrogen (secondary N) is 1. The van der Waals surface area contributed by atoms with Crippen LogP contribution in [-0.4, -0.2) is 18.0 Å². The molecule has 1 aromatic heterocycles. The van der Waals surface area contributed by atoms with Gasteiger partial charge in [-0.05, 0) is 24.6 Å². The van der Waals surface area contributed by atoms with Crippen molar-refractivity contribution in [3.8, 4) is 5.75 Å². The summed E-state index contributed by atoms with van der Waals surface area (Å²) in [7, 11) is 1.63. The van der Waals surface area contributed by atoms with Gasteiger partial charge in [-0.3, -0.25) is 9.78 Å². The lowest BCUT2D eigenvalue weighted by Gasteiger charge is -2.16. The number of nitrogens with zero attached hydrogens (tertiary/aromatic N) is 1. The largest absolute Gasteiger partial charge is 0.494 e. The molecule has 1 amide bonds. The first-order valence-corrected chi connectivity index (χ1v) is 5.82. The predicted octanol–water partition coefficient (Wildman–Crippen LogP) is 2.44. The highest BCUT2D eigenvalue weighted by molar-refractivity contribution is 5.88. The Balaban J connectivity index is 2.55. The van der Waals surface area contributed by atoms with Crippen LogP contribution >= 0.6 is 0 Å². The topological polar surface area (TPSA) is 51.2 Å². The Kier molecular flexibility index (Phi) is 3.46. The maximum atomic E-state index is 11.1. The summed E-state index contributed by atoms with van der Waals surface area (Å²) >= 11 is 0. The van der Waals surface area contributed by atoms with Gasteiger partial charge in [-0.2, -0.15) is 0 Å². The fraction of sp³-hybridized carbons (Fsp3) is 0.286. The van der Waals surface area contributed by atoms with Crippen molar-refractivity contribution in [1.82, 2.24) is 10.3 Å². The zero-order valence-electron chi connectivity index (χ0n) is 10.7. The zero-order valence-corrected chi connectivity index (χ0v) is 10.7. The smallest absolute Gasteiger partial charge is 0.217 e. The van der Waals surface area contributed by atoms with Crippen LogP contribution in [0.3, 0.4) is 0 Å². The summed E-state index contributed by atoms with van der Waals surface area (Å²) in [4.78, 5) is 15.5. The molecule has 1 unspecified atom stereocenters. The van der Waals surface area contributed by atoms with E-state index < -0.39 is 0 Å². The minimum atomic E-state index is -0.0555. The highest BCUT2D eigenvalue weighted by Crippen LogP contribution is 2.29. The van der Waals surface area contributed by atoms with Gasteiger partial charge in [-0.1, -0.05) is 12.1 Å². The Labute approximate surface area is 106 Å². The molecule has 0 spiro atoms. The summed E-state index contributed by atoms with van der Waals surface area (Å²) in [5.41, 5.74) is 1.85. The number of pyridine rings is 1. The number of methoxy groups -OCH3 is 1. The average Bonchev–Trinajstić information content (AvgIpc) is 2.36. The molecule has 4 nitrogen and oxygen atoms in total. The first-order chi connectivity index (χ1) is 8.63. The highest BCUT2D eigenvalue weighted by atomic mass is 16.5. The molecule has 0 saturated heterocycles. The molecule has 0 saturated carbocycles. The zero-order chi connectivity index (χ0) is 13.1. The Hall–Kier alpha value is -2.10. The lowest BCUT2D eigenvalue weighted by Crippen LogP contribution is -2.23. The van der Waals surface area contributed by atoms with Crippen molar-refractivity contribution in [1.29, 1.82) is 0 Å². The second-order valence-electron chi connectivity index (χ2n) is 4.18. The summed E-state index contributed by atoms with van der Waals surface area (Å²) in [5, 5.41) is 3.88. The average molecular weight is 244 g/mol. The molecule has 1 N–H and O–H groups in total. The lowest BCUT2D eigenvalue weighted by molar-refractivity contribution is -0.119. The summed E-state index contributed by atoms with van der Waals surface area (Å²) in [6, 6.07) is 7.65. The van der Waals surface area contributed by atoms with Crippen LogP contribution < -0.4 is 10.1 Å². The predicted molar refractivity (Wildman–Crippen MR) is 70.5 cm³/mol. The Morgan fingerprint density at radius 2 is 2.17 bits per heavy atom. The van der Waals surface area contributed by atoms with Crippen LogP contribution in [0.2, 0.25) is 0 Å². The van der Waals surface area contributed by atoms with Gasteiger partial charge in [0.15, 0.2) is 0 Å². The van der Waals surface area contributed by atoms with Crippen molar-refractivity contribution in [3.05, 3.63) is 36.0 Å². The molecular formula is C14H16N2O2. The molecule has 0 aliphatic carbocycles. The maximum absolute atomic E-state index is 11.1. The van der Waals surface area contributed by atoms with E-state index in [0.717, 1.165) is 22.2 Å². The molecule has 94 valence electrons. The molecule has 0 aliphatic rings. The molecule has 0 bridgehead atoms. The van der Waals surface area contributed by atoms with Crippen LogP contribution in [-0.2, 0) is 4.79 Å². The second kappa shape index (κ2) is 5.04. The van der Waals surface area contributed by atoms with E-state index in [9.17, 15) is 4.79 Å². The fourth-order valence-electron chi connectivity index (χ4n) is 2.09. The number of fused-ring (bicyclic) bond motifs is 1. The SMILES string of the molecule is COc1ccc(C(C)NC(C)=O)c2cccnc12. The summed E-state index contributed by atoms with van der Waals surface area (Å²) in [5.74, 6) is 0.694. The fourth-order valence-corrected chi connectivity index (χ4v) is 2.09. The molecule has 1 heterocycles. The van der Waals surface area contributed by atoms with Crippen LogP contribution in [0, 0.1) is 0 Å². The van der Waals surface area contributed by atoms with Gasteiger partial charge < -0.3 is 10.1 Å². The minimum Gasteiger partial charge on any atom is -0.494 e. The molecule has 0 fully saturated rings. The molecule has 1 atom stereocenters. The van der Waals surface area contributed by atoms with E-state index >= 15 is 0 Å². The van der Waals surface area contributed by atoms with Crippen molar-refractivity contribution in [2.45, 2.75) is 19.9 Å². The van der Waals surface area contributed by atoms with E-state index in [-0.39, 0.29) is 11.9 Å². The van der Waals surface area contributed by atoms with Crippen molar-refractivity contribution in [2.24, 2.45) is 0 Å². The second-order valence-corrected chi connectivity index (χ2v) is 4.18. The van der Waals surface area contributed by atoms with Gasteiger partial charge in [0.1, 0.15) is 11.3 Å². The first kappa shape index (κ1) is 12.4. The number of aromatic nitrogens is 1. The van der Waals surface area contributed by atoms with Crippen LogP contribution in [0.5, 0.6) is 5.75 Å². The third-order valence-electron chi connectivity index (χ3n) is 2.87. The van der Waals surface area contributed by atoms with E-state index in [0.29, 0.717) is 0 Å². The van der Waals surface area contributed by atoms with Crippen molar-refractivity contribution < 1.29 is 9.53 Å². The number of ether oxygens (including phenoxy) is 1. The summed E-state index contributed by atoms with van der Waals surface area (Å²) in [6.07, 6.45) is 1.73. The molecule has 1 aromatic carbocycles. The molecule has 4 heteroatoms. The van der Waals surface area contributed by atoms with Crippen LogP contribution in [0.25, 0.3) is 10.9 Å². The van der Waals surface area contributed by atoms with Gasteiger partial charge in [0.25, 0.3) is 0 Å². The van der Waals surface area contributed by atoms with E-state index in [1.54, 1.807) is 13.3 Å². The van der Waals surface area contributed by atoms with Gasteiger partial charge in [-0.25, -0.2) is 0 Å². The summed E-state index contributed by atoms with van der Waals surface area (Å²) in [6.45, 7) is 3.47. The quantitative estimate of drug-likeness (QED) is 0.902.